The third-order valence-electron chi connectivity index (χ3n) is 2.77. The van der Waals surface area contributed by atoms with Crippen molar-refractivity contribution in [2.24, 2.45) is 0 Å². The van der Waals surface area contributed by atoms with Gasteiger partial charge in [0, 0.05) is 11.6 Å². The van der Waals surface area contributed by atoms with Crippen LogP contribution in [-0.2, 0) is 0 Å². The van der Waals surface area contributed by atoms with Crippen molar-refractivity contribution in [2.45, 2.75) is 32.9 Å². The molecule has 19 heavy (non-hydrogen) atoms. The van der Waals surface area contributed by atoms with Crippen LogP contribution in [0.5, 0.6) is 11.5 Å². The van der Waals surface area contributed by atoms with Gasteiger partial charge in [-0.2, -0.15) is 5.10 Å². The quantitative estimate of drug-likeness (QED) is 0.920. The highest BCUT2D eigenvalue weighted by molar-refractivity contribution is 5.39. The van der Waals surface area contributed by atoms with Crippen LogP contribution in [-0.4, -0.2) is 14.9 Å². The minimum atomic E-state index is -0.800. The van der Waals surface area contributed by atoms with Gasteiger partial charge in [-0.05, 0) is 26.8 Å². The number of rotatable bonds is 4. The minimum absolute atomic E-state index is 0.0424. The second-order valence-corrected chi connectivity index (χ2v) is 4.69. The van der Waals surface area contributed by atoms with Gasteiger partial charge in [0.2, 0.25) is 0 Å². The first-order valence-corrected chi connectivity index (χ1v) is 6.17. The average Bonchev–Trinajstić information content (AvgIpc) is 2.80. The van der Waals surface area contributed by atoms with E-state index in [1.54, 1.807) is 29.9 Å². The Morgan fingerprint density at radius 3 is 2.63 bits per heavy atom. The third kappa shape index (κ3) is 2.93. The first kappa shape index (κ1) is 13.5. The largest absolute Gasteiger partial charge is 0.451 e. The van der Waals surface area contributed by atoms with Gasteiger partial charge in [0.05, 0.1) is 18.5 Å². The first-order chi connectivity index (χ1) is 8.99. The molecule has 0 spiro atoms. The van der Waals surface area contributed by atoms with E-state index in [4.69, 9.17) is 4.74 Å². The average molecular weight is 264 g/mol. The van der Waals surface area contributed by atoms with Crippen molar-refractivity contribution in [2.75, 3.05) is 0 Å². The molecule has 0 radical (unpaired) electrons. The standard InChI is InChI=1S/C14H17FN2O2/c1-9(2)17-8-11(7-16-17)19-14-12(10(3)18)5-4-6-13(14)15/h4-10,18H,1-3H3. The summed E-state index contributed by atoms with van der Waals surface area (Å²) in [6.07, 6.45) is 2.42. The van der Waals surface area contributed by atoms with E-state index in [0.29, 0.717) is 11.3 Å². The van der Waals surface area contributed by atoms with Crippen molar-refractivity contribution in [3.63, 3.8) is 0 Å². The first-order valence-electron chi connectivity index (χ1n) is 6.17. The lowest BCUT2D eigenvalue weighted by molar-refractivity contribution is 0.194. The Balaban J connectivity index is 2.32. The third-order valence-corrected chi connectivity index (χ3v) is 2.77. The van der Waals surface area contributed by atoms with E-state index in [1.165, 1.54) is 12.3 Å². The fourth-order valence-corrected chi connectivity index (χ4v) is 1.74. The predicted molar refractivity (Wildman–Crippen MR) is 69.7 cm³/mol. The highest BCUT2D eigenvalue weighted by atomic mass is 19.1. The molecule has 2 rings (SSSR count). The second-order valence-electron chi connectivity index (χ2n) is 4.69. The smallest absolute Gasteiger partial charge is 0.168 e. The molecule has 0 aliphatic rings. The van der Waals surface area contributed by atoms with Gasteiger partial charge in [0.1, 0.15) is 0 Å². The van der Waals surface area contributed by atoms with Crippen molar-refractivity contribution in [3.05, 3.63) is 42.0 Å². The van der Waals surface area contributed by atoms with Crippen LogP contribution in [0.3, 0.4) is 0 Å². The number of hydrogen-bond acceptors (Lipinski definition) is 3. The SMILES string of the molecule is CC(O)c1cccc(F)c1Oc1cnn(C(C)C)c1. The zero-order valence-corrected chi connectivity index (χ0v) is 11.2. The molecule has 102 valence electrons. The molecule has 2 aromatic rings. The van der Waals surface area contributed by atoms with Gasteiger partial charge in [-0.25, -0.2) is 4.39 Å². The summed E-state index contributed by atoms with van der Waals surface area (Å²) in [5, 5.41) is 13.8. The summed E-state index contributed by atoms with van der Waals surface area (Å²) >= 11 is 0. The predicted octanol–water partition coefficient (Wildman–Crippen LogP) is 3.45. The molecule has 1 aromatic heterocycles. The Kier molecular flexibility index (Phi) is 3.85. The molecule has 1 N–H and O–H groups in total. The number of aliphatic hydroxyl groups excluding tert-OH is 1. The Labute approximate surface area is 111 Å². The second kappa shape index (κ2) is 5.40. The number of ether oxygens (including phenoxy) is 1. The van der Waals surface area contributed by atoms with E-state index in [9.17, 15) is 9.50 Å². The number of benzene rings is 1. The van der Waals surface area contributed by atoms with Crippen LogP contribution in [0.4, 0.5) is 4.39 Å². The maximum atomic E-state index is 13.8. The molecule has 0 saturated heterocycles. The normalized spacial score (nSPS) is 12.7. The van der Waals surface area contributed by atoms with Crippen LogP contribution in [0, 0.1) is 5.82 Å². The molecule has 1 heterocycles. The molecule has 1 aromatic carbocycles. The monoisotopic (exact) mass is 264 g/mol. The van der Waals surface area contributed by atoms with Crippen molar-refractivity contribution in [1.29, 1.82) is 0 Å². The van der Waals surface area contributed by atoms with E-state index in [2.05, 4.69) is 5.10 Å². The fourth-order valence-electron chi connectivity index (χ4n) is 1.74. The van der Waals surface area contributed by atoms with Gasteiger partial charge >= 0.3 is 0 Å². The summed E-state index contributed by atoms with van der Waals surface area (Å²) in [6.45, 7) is 5.54. The maximum Gasteiger partial charge on any atom is 0.168 e. The fraction of sp³-hybridized carbons (Fsp3) is 0.357. The van der Waals surface area contributed by atoms with Gasteiger partial charge in [-0.3, -0.25) is 4.68 Å². The molecule has 1 unspecified atom stereocenters. The summed E-state index contributed by atoms with van der Waals surface area (Å²) in [6, 6.07) is 4.68. The Hall–Kier alpha value is -1.88. The van der Waals surface area contributed by atoms with Gasteiger partial charge in [0.25, 0.3) is 0 Å². The van der Waals surface area contributed by atoms with Crippen LogP contribution >= 0.6 is 0 Å². The number of hydrogen-bond donors (Lipinski definition) is 1. The number of para-hydroxylation sites is 1. The van der Waals surface area contributed by atoms with E-state index in [0.717, 1.165) is 0 Å². The summed E-state index contributed by atoms with van der Waals surface area (Å²) < 4.78 is 21.0. The molecule has 0 fully saturated rings. The van der Waals surface area contributed by atoms with E-state index < -0.39 is 11.9 Å². The molecular formula is C14H17FN2O2. The lowest BCUT2D eigenvalue weighted by Gasteiger charge is -2.12. The van der Waals surface area contributed by atoms with Crippen LogP contribution in [0.2, 0.25) is 0 Å². The zero-order chi connectivity index (χ0) is 14.0. The van der Waals surface area contributed by atoms with Gasteiger partial charge in [-0.1, -0.05) is 12.1 Å². The van der Waals surface area contributed by atoms with E-state index in [1.807, 2.05) is 13.8 Å². The molecule has 0 amide bonds. The summed E-state index contributed by atoms with van der Waals surface area (Å²) in [7, 11) is 0. The maximum absolute atomic E-state index is 13.8. The molecular weight excluding hydrogens is 247 g/mol. The summed E-state index contributed by atoms with van der Waals surface area (Å²) in [4.78, 5) is 0. The van der Waals surface area contributed by atoms with Crippen molar-refractivity contribution in [1.82, 2.24) is 9.78 Å². The molecule has 1 atom stereocenters. The van der Waals surface area contributed by atoms with Gasteiger partial charge < -0.3 is 9.84 Å². The molecule has 0 bridgehead atoms. The molecule has 0 aliphatic heterocycles. The number of aromatic nitrogens is 2. The number of halogens is 1. The Morgan fingerprint density at radius 2 is 2.05 bits per heavy atom. The topological polar surface area (TPSA) is 47.3 Å². The van der Waals surface area contributed by atoms with Crippen molar-refractivity contribution in [3.8, 4) is 11.5 Å². The van der Waals surface area contributed by atoms with Crippen LogP contribution in [0.1, 0.15) is 38.5 Å². The molecule has 0 saturated carbocycles. The van der Waals surface area contributed by atoms with Crippen LogP contribution < -0.4 is 4.74 Å². The number of nitrogens with zero attached hydrogens (tertiary/aromatic N) is 2. The zero-order valence-electron chi connectivity index (χ0n) is 11.2. The van der Waals surface area contributed by atoms with Gasteiger partial charge in [0.15, 0.2) is 17.3 Å². The lowest BCUT2D eigenvalue weighted by atomic mass is 10.1. The number of aliphatic hydroxyl groups is 1. The van der Waals surface area contributed by atoms with Crippen LogP contribution in [0.25, 0.3) is 0 Å². The minimum Gasteiger partial charge on any atom is -0.451 e. The van der Waals surface area contributed by atoms with Gasteiger partial charge in [-0.15, -0.1) is 0 Å². The van der Waals surface area contributed by atoms with Crippen molar-refractivity contribution < 1.29 is 14.2 Å². The molecule has 5 heteroatoms. The van der Waals surface area contributed by atoms with E-state index in [-0.39, 0.29) is 11.8 Å². The Morgan fingerprint density at radius 1 is 1.32 bits per heavy atom. The molecule has 0 aliphatic carbocycles. The summed E-state index contributed by atoms with van der Waals surface area (Å²) in [5.74, 6) is -0.0165. The van der Waals surface area contributed by atoms with Crippen LogP contribution in [0.15, 0.2) is 30.6 Å². The Bertz CT molecular complexity index is 564. The summed E-state index contributed by atoms with van der Waals surface area (Å²) in [5.41, 5.74) is 0.414. The van der Waals surface area contributed by atoms with E-state index >= 15 is 0 Å². The highest BCUT2D eigenvalue weighted by Gasteiger charge is 2.15. The van der Waals surface area contributed by atoms with Crippen molar-refractivity contribution >= 4 is 0 Å². The highest BCUT2D eigenvalue weighted by Crippen LogP contribution is 2.32. The lowest BCUT2D eigenvalue weighted by Crippen LogP contribution is -2.00. The molecule has 4 nitrogen and oxygen atoms in total.